The zero-order valence-corrected chi connectivity index (χ0v) is 20.1. The Morgan fingerprint density at radius 3 is 2.42 bits per heavy atom. The van der Waals surface area contributed by atoms with Gasteiger partial charge in [0.05, 0.1) is 10.6 Å². The van der Waals surface area contributed by atoms with E-state index in [2.05, 4.69) is 10.3 Å². The molecule has 0 aliphatic rings. The van der Waals surface area contributed by atoms with Crippen LogP contribution in [-0.4, -0.2) is 30.1 Å². The van der Waals surface area contributed by atoms with Crippen molar-refractivity contribution in [3.8, 4) is 16.9 Å². The van der Waals surface area contributed by atoms with E-state index in [1.165, 1.54) is 35.6 Å². The fourth-order valence-corrected chi connectivity index (χ4v) is 5.06. The number of nitrogens with one attached hydrogen (secondary N) is 1. The zero-order chi connectivity index (χ0) is 23.9. The van der Waals surface area contributed by atoms with E-state index in [1.54, 1.807) is 25.1 Å². The largest absolute Gasteiger partial charge is 0.318 e. The summed E-state index contributed by atoms with van der Waals surface area (Å²) in [6.45, 7) is 5.67. The number of anilines is 1. The van der Waals surface area contributed by atoms with Crippen molar-refractivity contribution in [3.63, 3.8) is 0 Å². The molecule has 0 atom stereocenters. The summed E-state index contributed by atoms with van der Waals surface area (Å²) < 4.78 is 39.1. The Kier molecular flexibility index (Phi) is 5.94. The van der Waals surface area contributed by atoms with Gasteiger partial charge in [-0.1, -0.05) is 6.07 Å². The second-order valence-corrected chi connectivity index (χ2v) is 10.7. The number of halogens is 1. The van der Waals surface area contributed by atoms with Crippen LogP contribution in [0, 0.1) is 26.6 Å². The molecule has 6 nitrogen and oxygen atoms in total. The fraction of sp³-hybridized carbons (Fsp3) is 0.167. The molecule has 0 saturated heterocycles. The minimum absolute atomic E-state index is 0.0892. The number of carbonyl (C=O) groups excluding carboxylic acids is 1. The summed E-state index contributed by atoms with van der Waals surface area (Å²) in [5, 5.41) is 5.03. The Balaban J connectivity index is 1.61. The molecule has 2 aromatic carbocycles. The third-order valence-electron chi connectivity index (χ3n) is 5.40. The van der Waals surface area contributed by atoms with E-state index in [9.17, 15) is 17.6 Å². The van der Waals surface area contributed by atoms with Crippen LogP contribution in [0.25, 0.3) is 16.9 Å². The van der Waals surface area contributed by atoms with Crippen LogP contribution < -0.4 is 5.32 Å². The van der Waals surface area contributed by atoms with Gasteiger partial charge in [0.15, 0.2) is 15.0 Å². The van der Waals surface area contributed by atoms with Crippen LogP contribution >= 0.6 is 11.3 Å². The van der Waals surface area contributed by atoms with Gasteiger partial charge in [0.2, 0.25) is 0 Å². The average Bonchev–Trinajstić information content (AvgIpc) is 3.32. The van der Waals surface area contributed by atoms with Crippen LogP contribution in [0.1, 0.15) is 27.3 Å². The van der Waals surface area contributed by atoms with Crippen molar-refractivity contribution in [3.05, 3.63) is 82.2 Å². The van der Waals surface area contributed by atoms with Crippen molar-refractivity contribution in [2.24, 2.45) is 0 Å². The lowest BCUT2D eigenvalue weighted by atomic mass is 10.1. The highest BCUT2D eigenvalue weighted by molar-refractivity contribution is 7.90. The predicted molar refractivity (Wildman–Crippen MR) is 129 cm³/mol. The molecule has 2 aromatic heterocycles. The second-order valence-electron chi connectivity index (χ2n) is 7.84. The Morgan fingerprint density at radius 1 is 1.06 bits per heavy atom. The van der Waals surface area contributed by atoms with E-state index < -0.39 is 15.7 Å². The number of hydrogen-bond acceptors (Lipinski definition) is 5. The van der Waals surface area contributed by atoms with Gasteiger partial charge in [0, 0.05) is 39.8 Å². The molecule has 4 rings (SSSR count). The Morgan fingerprint density at radius 2 is 1.76 bits per heavy atom. The maximum atomic E-state index is 13.3. The SMILES string of the molecule is Cc1ccc(S(C)(=O)=O)cc1C(=O)Nc1nc(-c2cc(C)n(-c3ccc(F)cc3)c2C)cs1. The first kappa shape index (κ1) is 22.9. The molecule has 2 heterocycles. The van der Waals surface area contributed by atoms with Gasteiger partial charge in [0.1, 0.15) is 5.82 Å². The smallest absolute Gasteiger partial charge is 0.257 e. The number of benzene rings is 2. The van der Waals surface area contributed by atoms with Gasteiger partial charge < -0.3 is 4.57 Å². The minimum Gasteiger partial charge on any atom is -0.318 e. The molecule has 0 bridgehead atoms. The summed E-state index contributed by atoms with van der Waals surface area (Å²) in [6, 6.07) is 12.8. The zero-order valence-electron chi connectivity index (χ0n) is 18.5. The Hall–Kier alpha value is -3.30. The Labute approximate surface area is 195 Å². The van der Waals surface area contributed by atoms with E-state index in [4.69, 9.17) is 0 Å². The first-order valence-electron chi connectivity index (χ1n) is 10.1. The van der Waals surface area contributed by atoms with E-state index >= 15 is 0 Å². The van der Waals surface area contributed by atoms with E-state index in [1.807, 2.05) is 29.9 Å². The quantitative estimate of drug-likeness (QED) is 0.417. The summed E-state index contributed by atoms with van der Waals surface area (Å²) in [5.74, 6) is -0.714. The average molecular weight is 484 g/mol. The summed E-state index contributed by atoms with van der Waals surface area (Å²) in [5.41, 5.74) is 5.33. The molecule has 0 unspecified atom stereocenters. The summed E-state index contributed by atoms with van der Waals surface area (Å²) in [4.78, 5) is 17.5. The highest BCUT2D eigenvalue weighted by Gasteiger charge is 2.18. The predicted octanol–water partition coefficient (Wildman–Crippen LogP) is 5.32. The van der Waals surface area contributed by atoms with Crippen molar-refractivity contribution in [1.29, 1.82) is 0 Å². The van der Waals surface area contributed by atoms with Gasteiger partial charge >= 0.3 is 0 Å². The van der Waals surface area contributed by atoms with Gasteiger partial charge in [-0.15, -0.1) is 11.3 Å². The molecular formula is C24H22FN3O3S2. The van der Waals surface area contributed by atoms with Crippen LogP contribution in [0.2, 0.25) is 0 Å². The third-order valence-corrected chi connectivity index (χ3v) is 7.27. The maximum Gasteiger partial charge on any atom is 0.257 e. The molecule has 0 radical (unpaired) electrons. The molecule has 0 aliphatic heterocycles. The monoisotopic (exact) mass is 483 g/mol. The van der Waals surface area contributed by atoms with Crippen LogP contribution in [0.5, 0.6) is 0 Å². The molecule has 1 amide bonds. The number of nitrogens with zero attached hydrogens (tertiary/aromatic N) is 2. The highest BCUT2D eigenvalue weighted by Crippen LogP contribution is 2.32. The number of aromatic nitrogens is 2. The van der Waals surface area contributed by atoms with Gasteiger partial charge in [-0.2, -0.15) is 0 Å². The van der Waals surface area contributed by atoms with Crippen molar-refractivity contribution < 1.29 is 17.6 Å². The molecule has 0 spiro atoms. The minimum atomic E-state index is -3.43. The van der Waals surface area contributed by atoms with Crippen molar-refractivity contribution >= 4 is 32.2 Å². The van der Waals surface area contributed by atoms with Gasteiger partial charge in [-0.25, -0.2) is 17.8 Å². The Bertz CT molecular complexity index is 1470. The second kappa shape index (κ2) is 8.57. The maximum absolute atomic E-state index is 13.3. The molecule has 170 valence electrons. The molecule has 1 N–H and O–H groups in total. The van der Waals surface area contributed by atoms with E-state index in [0.29, 0.717) is 16.4 Å². The molecule has 33 heavy (non-hydrogen) atoms. The number of sulfone groups is 1. The van der Waals surface area contributed by atoms with Crippen LogP contribution in [0.4, 0.5) is 9.52 Å². The number of carbonyl (C=O) groups is 1. The molecule has 4 aromatic rings. The molecule has 0 saturated carbocycles. The van der Waals surface area contributed by atoms with Crippen molar-refractivity contribution in [2.45, 2.75) is 25.7 Å². The standard InChI is InChI=1S/C24H22FN3O3S2/c1-14-5-10-19(33(4,30)31)12-20(14)23(29)27-24-26-22(13-32-24)21-11-15(2)28(16(21)3)18-8-6-17(25)7-9-18/h5-13H,1-4H3,(H,26,27,29). The lowest BCUT2D eigenvalue weighted by Crippen LogP contribution is -2.14. The number of aryl methyl sites for hydroxylation is 2. The van der Waals surface area contributed by atoms with Crippen molar-refractivity contribution in [2.75, 3.05) is 11.6 Å². The third kappa shape index (κ3) is 4.60. The van der Waals surface area contributed by atoms with Crippen LogP contribution in [0.3, 0.4) is 0 Å². The van der Waals surface area contributed by atoms with Crippen LogP contribution in [-0.2, 0) is 9.84 Å². The first-order chi connectivity index (χ1) is 15.5. The van der Waals surface area contributed by atoms with Gasteiger partial charge in [-0.05, 0) is 68.8 Å². The van der Waals surface area contributed by atoms with Crippen molar-refractivity contribution in [1.82, 2.24) is 9.55 Å². The van der Waals surface area contributed by atoms with Crippen LogP contribution in [0.15, 0.2) is 58.8 Å². The lowest BCUT2D eigenvalue weighted by molar-refractivity contribution is 0.102. The molecule has 9 heteroatoms. The van der Waals surface area contributed by atoms with E-state index in [0.717, 1.165) is 28.9 Å². The summed E-state index contributed by atoms with van der Waals surface area (Å²) >= 11 is 1.28. The van der Waals surface area contributed by atoms with Gasteiger partial charge in [0.25, 0.3) is 5.91 Å². The normalized spacial score (nSPS) is 11.5. The topological polar surface area (TPSA) is 81.1 Å². The van der Waals surface area contributed by atoms with E-state index in [-0.39, 0.29) is 16.3 Å². The highest BCUT2D eigenvalue weighted by atomic mass is 32.2. The number of rotatable bonds is 5. The lowest BCUT2D eigenvalue weighted by Gasteiger charge is -2.09. The summed E-state index contributed by atoms with van der Waals surface area (Å²) in [6.07, 6.45) is 1.11. The number of amides is 1. The van der Waals surface area contributed by atoms with Gasteiger partial charge in [-0.3, -0.25) is 10.1 Å². The molecular weight excluding hydrogens is 461 g/mol. The summed E-state index contributed by atoms with van der Waals surface area (Å²) in [7, 11) is -3.43. The number of thiazole rings is 1. The molecule has 0 fully saturated rings. The fourth-order valence-electron chi connectivity index (χ4n) is 3.71. The molecule has 0 aliphatic carbocycles. The number of hydrogen-bond donors (Lipinski definition) is 1. The first-order valence-corrected chi connectivity index (χ1v) is 12.8.